The molecule has 1 aromatic heterocycles. The third-order valence-corrected chi connectivity index (χ3v) is 5.82. The molecule has 2 aromatic rings. The van der Waals surface area contributed by atoms with E-state index in [1.807, 2.05) is 0 Å². The second kappa shape index (κ2) is 6.60. The molecule has 0 aliphatic carbocycles. The smallest absolute Gasteiger partial charge is 0.417 e. The Labute approximate surface area is 141 Å². The number of carbonyl (C=O) groups excluding carboxylic acids is 1. The normalized spacial score (nSPS) is 15.6. The van der Waals surface area contributed by atoms with Gasteiger partial charge in [-0.1, -0.05) is 21.6 Å². The van der Waals surface area contributed by atoms with Crippen LogP contribution in [0.25, 0.3) is 11.0 Å². The summed E-state index contributed by atoms with van der Waals surface area (Å²) < 4.78 is 43.7. The van der Waals surface area contributed by atoms with Crippen LogP contribution in [0.2, 0.25) is 0 Å². The predicted molar refractivity (Wildman–Crippen MR) is 88.3 cm³/mol. The summed E-state index contributed by atoms with van der Waals surface area (Å²) in [6.45, 7) is 0. The number of amides is 2. The van der Waals surface area contributed by atoms with Crippen LogP contribution < -0.4 is 16.3 Å². The van der Waals surface area contributed by atoms with E-state index in [-0.39, 0.29) is 22.7 Å². The Morgan fingerprint density at radius 2 is 1.92 bits per heavy atom. The van der Waals surface area contributed by atoms with Crippen molar-refractivity contribution in [1.29, 1.82) is 0 Å². The van der Waals surface area contributed by atoms with Gasteiger partial charge in [0.15, 0.2) is 0 Å². The van der Waals surface area contributed by atoms with E-state index in [4.69, 9.17) is 4.42 Å². The quantitative estimate of drug-likeness (QED) is 0.618. The maximum atomic E-state index is 13.0. The minimum Gasteiger partial charge on any atom is -0.423 e. The fraction of sp³-hybridized carbons (Fsp3) is 0.286. The monoisotopic (exact) mass is 376 g/mol. The highest BCUT2D eigenvalue weighted by Crippen LogP contribution is 2.34. The molecular formula is C14H11F3N2O3S2. The molecule has 24 heavy (non-hydrogen) atoms. The van der Waals surface area contributed by atoms with Gasteiger partial charge in [-0.25, -0.2) is 9.59 Å². The number of alkyl halides is 3. The highest BCUT2D eigenvalue weighted by molar-refractivity contribution is 8.77. The van der Waals surface area contributed by atoms with E-state index in [0.29, 0.717) is 6.07 Å². The first kappa shape index (κ1) is 17.0. The van der Waals surface area contributed by atoms with Gasteiger partial charge in [-0.2, -0.15) is 13.2 Å². The van der Waals surface area contributed by atoms with Gasteiger partial charge in [0.2, 0.25) is 0 Å². The zero-order valence-corrected chi connectivity index (χ0v) is 13.6. The third-order valence-electron chi connectivity index (χ3n) is 3.26. The number of fused-ring (bicyclic) bond motifs is 1. The number of benzene rings is 1. The molecule has 0 unspecified atom stereocenters. The molecule has 5 nitrogen and oxygen atoms in total. The molecule has 1 saturated heterocycles. The summed E-state index contributed by atoms with van der Waals surface area (Å²) in [5.41, 5.74) is -2.17. The Bertz CT molecular complexity index is 832. The van der Waals surface area contributed by atoms with Crippen LogP contribution in [0.3, 0.4) is 0 Å². The van der Waals surface area contributed by atoms with Crippen molar-refractivity contribution in [2.45, 2.75) is 12.2 Å². The Balaban J connectivity index is 1.86. The van der Waals surface area contributed by atoms with Crippen molar-refractivity contribution < 1.29 is 22.4 Å². The molecule has 0 radical (unpaired) electrons. The fourth-order valence-corrected chi connectivity index (χ4v) is 4.86. The third kappa shape index (κ3) is 3.81. The van der Waals surface area contributed by atoms with Gasteiger partial charge in [0.1, 0.15) is 5.58 Å². The van der Waals surface area contributed by atoms with Gasteiger partial charge in [0, 0.05) is 34.7 Å². The molecule has 0 bridgehead atoms. The zero-order chi connectivity index (χ0) is 17.3. The number of nitrogens with one attached hydrogen (secondary N) is 2. The van der Waals surface area contributed by atoms with Crippen LogP contribution in [0, 0.1) is 0 Å². The first-order valence-corrected chi connectivity index (χ1v) is 9.29. The van der Waals surface area contributed by atoms with Gasteiger partial charge in [0.25, 0.3) is 0 Å². The van der Waals surface area contributed by atoms with Crippen molar-refractivity contribution in [1.82, 2.24) is 5.32 Å². The van der Waals surface area contributed by atoms with Gasteiger partial charge in [0.05, 0.1) is 11.6 Å². The van der Waals surface area contributed by atoms with Crippen molar-refractivity contribution in [3.63, 3.8) is 0 Å². The highest BCUT2D eigenvalue weighted by atomic mass is 33.1. The lowest BCUT2D eigenvalue weighted by molar-refractivity contribution is -0.136. The van der Waals surface area contributed by atoms with E-state index in [1.165, 1.54) is 12.1 Å². The second-order valence-corrected chi connectivity index (χ2v) is 7.60. The zero-order valence-electron chi connectivity index (χ0n) is 12.0. The molecule has 0 spiro atoms. The van der Waals surface area contributed by atoms with Crippen molar-refractivity contribution in [3.05, 3.63) is 40.2 Å². The fourth-order valence-electron chi connectivity index (χ4n) is 2.22. The number of urea groups is 1. The van der Waals surface area contributed by atoms with E-state index in [1.54, 1.807) is 21.6 Å². The second-order valence-electron chi connectivity index (χ2n) is 5.05. The van der Waals surface area contributed by atoms with Crippen LogP contribution in [0.1, 0.15) is 5.56 Å². The Morgan fingerprint density at radius 3 is 2.58 bits per heavy atom. The molecule has 2 N–H and O–H groups in total. The van der Waals surface area contributed by atoms with Crippen molar-refractivity contribution in [3.8, 4) is 0 Å². The maximum absolute atomic E-state index is 13.0. The van der Waals surface area contributed by atoms with Crippen LogP contribution in [0.5, 0.6) is 0 Å². The molecule has 128 valence electrons. The summed E-state index contributed by atoms with van der Waals surface area (Å²) in [6.07, 6.45) is -4.67. The van der Waals surface area contributed by atoms with E-state index < -0.39 is 23.4 Å². The van der Waals surface area contributed by atoms with Gasteiger partial charge in [-0.05, 0) is 12.1 Å². The van der Waals surface area contributed by atoms with Crippen molar-refractivity contribution >= 4 is 44.3 Å². The molecule has 1 fully saturated rings. The molecule has 0 atom stereocenters. The average Bonchev–Trinajstić information content (AvgIpc) is 2.97. The summed E-state index contributed by atoms with van der Waals surface area (Å²) in [7, 11) is 3.31. The lowest BCUT2D eigenvalue weighted by atomic mass is 10.1. The van der Waals surface area contributed by atoms with E-state index in [2.05, 4.69) is 10.6 Å². The van der Waals surface area contributed by atoms with Crippen molar-refractivity contribution in [2.75, 3.05) is 16.8 Å². The predicted octanol–water partition coefficient (Wildman–Crippen LogP) is 3.70. The molecule has 1 aliphatic heterocycles. The Morgan fingerprint density at radius 1 is 1.21 bits per heavy atom. The first-order valence-electron chi connectivity index (χ1n) is 6.80. The van der Waals surface area contributed by atoms with E-state index in [0.717, 1.165) is 17.6 Å². The molecule has 3 rings (SSSR count). The van der Waals surface area contributed by atoms with Crippen LogP contribution >= 0.6 is 21.6 Å². The summed E-state index contributed by atoms with van der Waals surface area (Å²) in [5, 5.41) is 5.05. The SMILES string of the molecule is O=C(Nc1ccc2c(C(F)(F)F)cc(=O)oc2c1)NC1CSSC1. The molecule has 10 heteroatoms. The topological polar surface area (TPSA) is 71.3 Å². The Hall–Kier alpha value is -1.81. The lowest BCUT2D eigenvalue weighted by Gasteiger charge is -2.13. The van der Waals surface area contributed by atoms with Gasteiger partial charge in [-0.15, -0.1) is 0 Å². The van der Waals surface area contributed by atoms with E-state index >= 15 is 0 Å². The molecule has 1 aliphatic rings. The summed E-state index contributed by atoms with van der Waals surface area (Å²) in [5.74, 6) is 1.58. The summed E-state index contributed by atoms with van der Waals surface area (Å²) in [6, 6.07) is 3.68. The number of halogens is 3. The summed E-state index contributed by atoms with van der Waals surface area (Å²) in [4.78, 5) is 23.2. The number of hydrogen-bond acceptors (Lipinski definition) is 5. The van der Waals surface area contributed by atoms with Crippen LogP contribution in [-0.2, 0) is 6.18 Å². The van der Waals surface area contributed by atoms with Crippen LogP contribution in [0.4, 0.5) is 23.7 Å². The van der Waals surface area contributed by atoms with Crippen LogP contribution in [-0.4, -0.2) is 23.6 Å². The average molecular weight is 376 g/mol. The minimum atomic E-state index is -4.67. The number of rotatable bonds is 2. The van der Waals surface area contributed by atoms with Gasteiger partial charge < -0.3 is 15.1 Å². The molecule has 2 heterocycles. The molecule has 2 amide bonds. The molecular weight excluding hydrogens is 365 g/mol. The summed E-state index contributed by atoms with van der Waals surface area (Å²) >= 11 is 0. The maximum Gasteiger partial charge on any atom is 0.417 e. The van der Waals surface area contributed by atoms with E-state index in [9.17, 15) is 22.8 Å². The number of anilines is 1. The molecule has 1 aromatic carbocycles. The largest absolute Gasteiger partial charge is 0.423 e. The number of carbonyl (C=O) groups is 1. The van der Waals surface area contributed by atoms with Gasteiger partial charge in [-0.3, -0.25) is 0 Å². The molecule has 0 saturated carbocycles. The van der Waals surface area contributed by atoms with Crippen molar-refractivity contribution in [2.24, 2.45) is 0 Å². The number of hydrogen-bond donors (Lipinski definition) is 2. The lowest BCUT2D eigenvalue weighted by Crippen LogP contribution is -2.39. The standard InChI is InChI=1S/C14H11F3N2O3S2/c15-14(16,17)10-4-12(20)22-11-3-7(1-2-9(10)11)18-13(21)19-8-5-23-24-6-8/h1-4,8H,5-6H2,(H2,18,19,21). The highest BCUT2D eigenvalue weighted by Gasteiger charge is 2.33. The minimum absolute atomic E-state index is 0.0372. The van der Waals surface area contributed by atoms with Gasteiger partial charge >= 0.3 is 17.8 Å². The Kier molecular flexibility index (Phi) is 4.68. The first-order chi connectivity index (χ1) is 11.3. The van der Waals surface area contributed by atoms with Crippen LogP contribution in [0.15, 0.2) is 33.5 Å².